The quantitative estimate of drug-likeness (QED) is 0.881. The van der Waals surface area contributed by atoms with Gasteiger partial charge in [-0.3, -0.25) is 0 Å². The summed E-state index contributed by atoms with van der Waals surface area (Å²) in [5.41, 5.74) is 1.14. The zero-order valence-electron chi connectivity index (χ0n) is 9.93. The Labute approximate surface area is 104 Å². The molecular weight excluding hydrogens is 232 g/mol. The number of carbonyl (C=O) groups is 1. The maximum Gasteiger partial charge on any atom is 0.339 e. The van der Waals surface area contributed by atoms with Crippen LogP contribution >= 0.6 is 0 Å². The van der Waals surface area contributed by atoms with Gasteiger partial charge in [0, 0.05) is 13.1 Å². The van der Waals surface area contributed by atoms with E-state index >= 15 is 0 Å². The van der Waals surface area contributed by atoms with E-state index < -0.39 is 5.97 Å². The molecule has 1 fully saturated rings. The molecule has 1 saturated heterocycles. The molecule has 1 N–H and O–H groups in total. The van der Waals surface area contributed by atoms with Crippen LogP contribution in [0.15, 0.2) is 22.6 Å². The van der Waals surface area contributed by atoms with Crippen molar-refractivity contribution in [3.63, 3.8) is 0 Å². The summed E-state index contributed by atoms with van der Waals surface area (Å²) in [4.78, 5) is 17.6. The van der Waals surface area contributed by atoms with Crippen molar-refractivity contribution in [2.45, 2.75) is 19.3 Å². The zero-order chi connectivity index (χ0) is 12.5. The van der Waals surface area contributed by atoms with Gasteiger partial charge in [-0.15, -0.1) is 0 Å². The lowest BCUT2D eigenvalue weighted by molar-refractivity contribution is 0.0698. The fourth-order valence-corrected chi connectivity index (χ4v) is 2.33. The average Bonchev–Trinajstić information content (AvgIpc) is 2.83. The molecule has 1 aliphatic rings. The highest BCUT2D eigenvalue weighted by Crippen LogP contribution is 2.26. The van der Waals surface area contributed by atoms with Crippen LogP contribution in [0.3, 0.4) is 0 Å². The van der Waals surface area contributed by atoms with Crippen LogP contribution in [0.25, 0.3) is 11.1 Å². The van der Waals surface area contributed by atoms with Gasteiger partial charge < -0.3 is 14.4 Å². The first-order valence-electron chi connectivity index (χ1n) is 6.13. The molecule has 5 nitrogen and oxygen atoms in total. The van der Waals surface area contributed by atoms with Crippen molar-refractivity contribution >= 4 is 23.1 Å². The van der Waals surface area contributed by atoms with Gasteiger partial charge in [0.15, 0.2) is 5.58 Å². The van der Waals surface area contributed by atoms with Crippen LogP contribution < -0.4 is 4.90 Å². The Kier molecular flexibility index (Phi) is 2.66. The molecule has 94 valence electrons. The zero-order valence-corrected chi connectivity index (χ0v) is 9.93. The van der Waals surface area contributed by atoms with Gasteiger partial charge in [0.25, 0.3) is 6.01 Å². The van der Waals surface area contributed by atoms with Crippen molar-refractivity contribution in [2.75, 3.05) is 18.0 Å². The number of hydrogen-bond donors (Lipinski definition) is 1. The Morgan fingerprint density at radius 3 is 2.78 bits per heavy atom. The standard InChI is InChI=1S/C13H14N2O3/c16-12(17)9-5-4-6-10-11(9)18-13(14-10)15-7-2-1-3-8-15/h4-6H,1-3,7-8H2,(H,16,17). The summed E-state index contributed by atoms with van der Waals surface area (Å²) in [5.74, 6) is -0.984. The maximum atomic E-state index is 11.1. The largest absolute Gasteiger partial charge is 0.478 e. The Morgan fingerprint density at radius 2 is 2.06 bits per heavy atom. The second-order valence-electron chi connectivity index (χ2n) is 4.50. The molecule has 0 bridgehead atoms. The molecule has 1 aromatic heterocycles. The van der Waals surface area contributed by atoms with E-state index in [2.05, 4.69) is 9.88 Å². The summed E-state index contributed by atoms with van der Waals surface area (Å²) in [7, 11) is 0. The van der Waals surface area contributed by atoms with Crippen molar-refractivity contribution in [3.05, 3.63) is 23.8 Å². The van der Waals surface area contributed by atoms with Gasteiger partial charge in [-0.05, 0) is 31.4 Å². The van der Waals surface area contributed by atoms with Crippen LogP contribution in [0.4, 0.5) is 6.01 Å². The molecule has 0 aliphatic carbocycles. The average molecular weight is 246 g/mol. The van der Waals surface area contributed by atoms with Gasteiger partial charge in [0.2, 0.25) is 0 Å². The van der Waals surface area contributed by atoms with E-state index in [0.717, 1.165) is 25.9 Å². The number of rotatable bonds is 2. The van der Waals surface area contributed by atoms with Crippen molar-refractivity contribution in [3.8, 4) is 0 Å². The van der Waals surface area contributed by atoms with Crippen LogP contribution in [0.1, 0.15) is 29.6 Å². The number of carboxylic acids is 1. The lowest BCUT2D eigenvalue weighted by atomic mass is 10.1. The van der Waals surface area contributed by atoms with Gasteiger partial charge in [-0.2, -0.15) is 4.98 Å². The van der Waals surface area contributed by atoms with E-state index in [4.69, 9.17) is 9.52 Å². The van der Waals surface area contributed by atoms with E-state index in [1.807, 2.05) is 0 Å². The van der Waals surface area contributed by atoms with E-state index in [0.29, 0.717) is 17.1 Å². The minimum absolute atomic E-state index is 0.170. The van der Waals surface area contributed by atoms with Gasteiger partial charge in [0.05, 0.1) is 0 Å². The van der Waals surface area contributed by atoms with E-state index in [-0.39, 0.29) is 5.56 Å². The third-order valence-electron chi connectivity index (χ3n) is 3.26. The number of oxazole rings is 1. The summed E-state index contributed by atoms with van der Waals surface area (Å²) in [6, 6.07) is 5.54. The normalized spacial score (nSPS) is 16.1. The first-order chi connectivity index (χ1) is 8.75. The molecule has 3 rings (SSSR count). The molecule has 5 heteroatoms. The summed E-state index contributed by atoms with van der Waals surface area (Å²) < 4.78 is 5.63. The van der Waals surface area contributed by atoms with Crippen LogP contribution in [0.5, 0.6) is 0 Å². The van der Waals surface area contributed by atoms with Crippen molar-refractivity contribution in [1.29, 1.82) is 0 Å². The van der Waals surface area contributed by atoms with E-state index in [9.17, 15) is 4.79 Å². The predicted molar refractivity (Wildman–Crippen MR) is 67.0 cm³/mol. The Morgan fingerprint density at radius 1 is 1.28 bits per heavy atom. The second kappa shape index (κ2) is 4.33. The van der Waals surface area contributed by atoms with Crippen molar-refractivity contribution in [2.24, 2.45) is 0 Å². The molecule has 0 saturated carbocycles. The fourth-order valence-electron chi connectivity index (χ4n) is 2.33. The van der Waals surface area contributed by atoms with Crippen LogP contribution in [-0.4, -0.2) is 29.1 Å². The second-order valence-corrected chi connectivity index (χ2v) is 4.50. The highest BCUT2D eigenvalue weighted by Gasteiger charge is 2.19. The minimum Gasteiger partial charge on any atom is -0.478 e. The molecule has 2 aromatic rings. The number of carboxylic acid groups (broad SMARTS) is 1. The summed E-state index contributed by atoms with van der Waals surface area (Å²) >= 11 is 0. The lowest BCUT2D eigenvalue weighted by Crippen LogP contribution is -2.29. The molecule has 0 unspecified atom stereocenters. The number of hydrogen-bond acceptors (Lipinski definition) is 4. The first-order valence-corrected chi connectivity index (χ1v) is 6.13. The molecule has 0 spiro atoms. The minimum atomic E-state index is -0.984. The van der Waals surface area contributed by atoms with Crippen molar-refractivity contribution < 1.29 is 14.3 Å². The van der Waals surface area contributed by atoms with Gasteiger partial charge in [-0.1, -0.05) is 6.07 Å². The molecule has 0 atom stereocenters. The molecule has 1 aliphatic heterocycles. The number of benzene rings is 1. The van der Waals surface area contributed by atoms with E-state index in [1.165, 1.54) is 12.5 Å². The first kappa shape index (κ1) is 11.1. The Hall–Kier alpha value is -2.04. The number of fused-ring (bicyclic) bond motifs is 1. The van der Waals surface area contributed by atoms with E-state index in [1.54, 1.807) is 12.1 Å². The number of piperidine rings is 1. The molecule has 1 aromatic carbocycles. The number of aromatic nitrogens is 1. The van der Waals surface area contributed by atoms with Crippen LogP contribution in [0, 0.1) is 0 Å². The third-order valence-corrected chi connectivity index (χ3v) is 3.26. The molecule has 2 heterocycles. The highest BCUT2D eigenvalue weighted by molar-refractivity contribution is 6.00. The monoisotopic (exact) mass is 246 g/mol. The molecule has 18 heavy (non-hydrogen) atoms. The summed E-state index contributed by atoms with van der Waals surface area (Å²) in [5, 5.41) is 9.10. The fraction of sp³-hybridized carbons (Fsp3) is 0.385. The highest BCUT2D eigenvalue weighted by atomic mass is 16.4. The summed E-state index contributed by atoms with van der Waals surface area (Å²) in [6.07, 6.45) is 3.49. The third kappa shape index (κ3) is 1.81. The smallest absolute Gasteiger partial charge is 0.339 e. The van der Waals surface area contributed by atoms with Gasteiger partial charge >= 0.3 is 5.97 Å². The Bertz CT molecular complexity index is 585. The van der Waals surface area contributed by atoms with Crippen molar-refractivity contribution in [1.82, 2.24) is 4.98 Å². The Balaban J connectivity index is 2.04. The topological polar surface area (TPSA) is 66.6 Å². The lowest BCUT2D eigenvalue weighted by Gasteiger charge is -2.24. The number of aromatic carboxylic acids is 1. The SMILES string of the molecule is O=C(O)c1cccc2nc(N3CCCCC3)oc12. The number of para-hydroxylation sites is 1. The summed E-state index contributed by atoms with van der Waals surface area (Å²) in [6.45, 7) is 1.85. The number of nitrogens with zero attached hydrogens (tertiary/aromatic N) is 2. The van der Waals surface area contributed by atoms with Crippen LogP contribution in [-0.2, 0) is 0 Å². The van der Waals surface area contributed by atoms with Crippen LogP contribution in [0.2, 0.25) is 0 Å². The molecular formula is C13H14N2O3. The molecule has 0 radical (unpaired) electrons. The van der Waals surface area contributed by atoms with Gasteiger partial charge in [0.1, 0.15) is 11.1 Å². The maximum absolute atomic E-state index is 11.1. The molecule has 0 amide bonds. The predicted octanol–water partition coefficient (Wildman–Crippen LogP) is 2.52. The van der Waals surface area contributed by atoms with Gasteiger partial charge in [-0.25, -0.2) is 4.79 Å². The number of anilines is 1.